The molecule has 2 heterocycles. The van der Waals surface area contributed by atoms with Crippen LogP contribution in [0.3, 0.4) is 0 Å². The Bertz CT molecular complexity index is 897. The van der Waals surface area contributed by atoms with E-state index in [1.165, 1.54) is 0 Å². The standard InChI is InChI=1S/C20H20ClN3O3/c1-2-24(11-16-13-25-17-5-3-4-6-18(17)26-16)12-19-22-20(23-27-19)14-7-9-15(21)10-8-14/h3-10,16H,2,11-13H2,1H3. The van der Waals surface area contributed by atoms with Crippen LogP contribution in [0.5, 0.6) is 11.5 Å². The minimum absolute atomic E-state index is 0.0430. The van der Waals surface area contributed by atoms with Crippen LogP contribution < -0.4 is 9.47 Å². The molecule has 0 saturated heterocycles. The van der Waals surface area contributed by atoms with Gasteiger partial charge in [0.25, 0.3) is 0 Å². The lowest BCUT2D eigenvalue weighted by Gasteiger charge is -2.30. The molecule has 1 unspecified atom stereocenters. The van der Waals surface area contributed by atoms with Crippen LogP contribution in [-0.2, 0) is 6.54 Å². The van der Waals surface area contributed by atoms with Crippen LogP contribution in [0.25, 0.3) is 11.4 Å². The Morgan fingerprint density at radius 3 is 2.67 bits per heavy atom. The second kappa shape index (κ2) is 7.98. The summed E-state index contributed by atoms with van der Waals surface area (Å²) >= 11 is 5.92. The van der Waals surface area contributed by atoms with Gasteiger partial charge in [-0.3, -0.25) is 4.90 Å². The van der Waals surface area contributed by atoms with E-state index in [0.717, 1.165) is 23.6 Å². The van der Waals surface area contributed by atoms with Crippen molar-refractivity contribution in [2.24, 2.45) is 0 Å². The third-order valence-corrected chi connectivity index (χ3v) is 4.66. The lowest BCUT2D eigenvalue weighted by atomic mass is 10.2. The van der Waals surface area contributed by atoms with Crippen molar-refractivity contribution in [3.63, 3.8) is 0 Å². The largest absolute Gasteiger partial charge is 0.486 e. The van der Waals surface area contributed by atoms with Crippen molar-refractivity contribution in [1.29, 1.82) is 0 Å². The molecule has 1 aromatic heterocycles. The Labute approximate surface area is 162 Å². The van der Waals surface area contributed by atoms with Crippen LogP contribution in [0.4, 0.5) is 0 Å². The Morgan fingerprint density at radius 2 is 1.89 bits per heavy atom. The SMILES string of the molecule is CCN(Cc1nc(-c2ccc(Cl)cc2)no1)CC1COc2ccccc2O1. The number of likely N-dealkylation sites (N-methyl/N-ethyl adjacent to an activating group) is 1. The number of ether oxygens (including phenoxy) is 2. The van der Waals surface area contributed by atoms with Gasteiger partial charge in [-0.05, 0) is 42.9 Å². The number of fused-ring (bicyclic) bond motifs is 1. The predicted molar refractivity (Wildman–Crippen MR) is 102 cm³/mol. The highest BCUT2D eigenvalue weighted by Crippen LogP contribution is 2.31. The number of aromatic nitrogens is 2. The molecule has 27 heavy (non-hydrogen) atoms. The normalized spacial score (nSPS) is 15.9. The quantitative estimate of drug-likeness (QED) is 0.638. The van der Waals surface area contributed by atoms with Gasteiger partial charge in [0.2, 0.25) is 11.7 Å². The molecule has 4 rings (SSSR count). The summed E-state index contributed by atoms with van der Waals surface area (Å²) in [6, 6.07) is 15.1. The summed E-state index contributed by atoms with van der Waals surface area (Å²) < 4.78 is 17.3. The van der Waals surface area contributed by atoms with E-state index >= 15 is 0 Å². The zero-order valence-electron chi connectivity index (χ0n) is 15.0. The smallest absolute Gasteiger partial charge is 0.241 e. The molecule has 0 radical (unpaired) electrons. The minimum atomic E-state index is -0.0430. The summed E-state index contributed by atoms with van der Waals surface area (Å²) in [5.41, 5.74) is 0.873. The molecule has 140 valence electrons. The molecular weight excluding hydrogens is 366 g/mol. The molecule has 6 nitrogen and oxygen atoms in total. The molecule has 7 heteroatoms. The van der Waals surface area contributed by atoms with Crippen molar-refractivity contribution < 1.29 is 14.0 Å². The maximum atomic E-state index is 6.04. The monoisotopic (exact) mass is 385 g/mol. The first-order valence-electron chi connectivity index (χ1n) is 8.90. The van der Waals surface area contributed by atoms with Crippen molar-refractivity contribution in [2.45, 2.75) is 19.6 Å². The number of rotatable bonds is 6. The average molecular weight is 386 g/mol. The lowest BCUT2D eigenvalue weighted by Crippen LogP contribution is -2.40. The Balaban J connectivity index is 1.39. The molecular formula is C20H20ClN3O3. The van der Waals surface area contributed by atoms with Gasteiger partial charge in [0.1, 0.15) is 12.7 Å². The van der Waals surface area contributed by atoms with Gasteiger partial charge in [0, 0.05) is 17.1 Å². The maximum absolute atomic E-state index is 6.04. The number of hydrogen-bond donors (Lipinski definition) is 0. The summed E-state index contributed by atoms with van der Waals surface area (Å²) in [4.78, 5) is 6.69. The molecule has 0 saturated carbocycles. The fourth-order valence-electron chi connectivity index (χ4n) is 2.97. The Kier molecular flexibility index (Phi) is 5.27. The predicted octanol–water partition coefficient (Wildman–Crippen LogP) is 4.05. The highest BCUT2D eigenvalue weighted by molar-refractivity contribution is 6.30. The zero-order valence-corrected chi connectivity index (χ0v) is 15.7. The molecule has 1 aliphatic rings. The van der Waals surface area contributed by atoms with Crippen LogP contribution in [0, 0.1) is 0 Å². The van der Waals surface area contributed by atoms with E-state index in [1.54, 1.807) is 0 Å². The average Bonchev–Trinajstić information content (AvgIpc) is 3.16. The van der Waals surface area contributed by atoms with Crippen LogP contribution in [0.2, 0.25) is 5.02 Å². The molecule has 0 bridgehead atoms. The molecule has 1 atom stereocenters. The number of para-hydroxylation sites is 2. The van der Waals surface area contributed by atoms with Crippen molar-refractivity contribution in [2.75, 3.05) is 19.7 Å². The van der Waals surface area contributed by atoms with Gasteiger partial charge in [-0.1, -0.05) is 35.8 Å². The van der Waals surface area contributed by atoms with Crippen LogP contribution in [-0.4, -0.2) is 40.8 Å². The molecule has 0 fully saturated rings. The van der Waals surface area contributed by atoms with E-state index in [0.29, 0.717) is 36.4 Å². The number of halogens is 1. The van der Waals surface area contributed by atoms with Gasteiger partial charge in [-0.15, -0.1) is 0 Å². The molecule has 3 aromatic rings. The third kappa shape index (κ3) is 4.23. The number of nitrogens with zero attached hydrogens (tertiary/aromatic N) is 3. The maximum Gasteiger partial charge on any atom is 0.241 e. The summed E-state index contributed by atoms with van der Waals surface area (Å²) in [6.07, 6.45) is -0.0430. The summed E-state index contributed by atoms with van der Waals surface area (Å²) in [6.45, 7) is 4.71. The van der Waals surface area contributed by atoms with E-state index < -0.39 is 0 Å². The first kappa shape index (κ1) is 17.8. The molecule has 1 aliphatic heterocycles. The van der Waals surface area contributed by atoms with E-state index in [1.807, 2.05) is 48.5 Å². The lowest BCUT2D eigenvalue weighted by molar-refractivity contribution is 0.0551. The molecule has 2 aromatic carbocycles. The highest BCUT2D eigenvalue weighted by atomic mass is 35.5. The van der Waals surface area contributed by atoms with Crippen molar-refractivity contribution in [3.05, 3.63) is 59.4 Å². The van der Waals surface area contributed by atoms with Gasteiger partial charge >= 0.3 is 0 Å². The molecule has 0 aliphatic carbocycles. The zero-order chi connectivity index (χ0) is 18.6. The fraction of sp³-hybridized carbons (Fsp3) is 0.300. The van der Waals surface area contributed by atoms with Crippen LogP contribution >= 0.6 is 11.6 Å². The van der Waals surface area contributed by atoms with E-state index in [-0.39, 0.29) is 6.10 Å². The van der Waals surface area contributed by atoms with E-state index in [9.17, 15) is 0 Å². The second-order valence-electron chi connectivity index (χ2n) is 6.34. The van der Waals surface area contributed by atoms with Crippen molar-refractivity contribution in [1.82, 2.24) is 15.0 Å². The molecule has 0 amide bonds. The topological polar surface area (TPSA) is 60.6 Å². The van der Waals surface area contributed by atoms with Crippen LogP contribution in [0.1, 0.15) is 12.8 Å². The van der Waals surface area contributed by atoms with Crippen molar-refractivity contribution >= 4 is 11.6 Å². The molecule has 0 N–H and O–H groups in total. The number of benzene rings is 2. The van der Waals surface area contributed by atoms with E-state index in [4.69, 9.17) is 25.6 Å². The third-order valence-electron chi connectivity index (χ3n) is 4.41. The number of hydrogen-bond acceptors (Lipinski definition) is 6. The molecule has 0 spiro atoms. The van der Waals surface area contributed by atoms with Gasteiger partial charge in [-0.2, -0.15) is 4.98 Å². The van der Waals surface area contributed by atoms with Gasteiger partial charge in [0.15, 0.2) is 11.5 Å². The summed E-state index contributed by atoms with van der Waals surface area (Å²) in [7, 11) is 0. The van der Waals surface area contributed by atoms with Gasteiger partial charge in [-0.25, -0.2) is 0 Å². The first-order valence-corrected chi connectivity index (χ1v) is 9.28. The van der Waals surface area contributed by atoms with Crippen molar-refractivity contribution in [3.8, 4) is 22.9 Å². The highest BCUT2D eigenvalue weighted by Gasteiger charge is 2.23. The Hall–Kier alpha value is -2.57. The van der Waals surface area contributed by atoms with Gasteiger partial charge < -0.3 is 14.0 Å². The summed E-state index contributed by atoms with van der Waals surface area (Å²) in [5.74, 6) is 2.71. The first-order chi connectivity index (χ1) is 13.2. The second-order valence-corrected chi connectivity index (χ2v) is 6.78. The fourth-order valence-corrected chi connectivity index (χ4v) is 3.10. The summed E-state index contributed by atoms with van der Waals surface area (Å²) in [5, 5.41) is 4.74. The van der Waals surface area contributed by atoms with Crippen LogP contribution in [0.15, 0.2) is 53.1 Å². The minimum Gasteiger partial charge on any atom is -0.486 e. The van der Waals surface area contributed by atoms with E-state index in [2.05, 4.69) is 22.0 Å². The van der Waals surface area contributed by atoms with Gasteiger partial charge in [0.05, 0.1) is 6.54 Å². The Morgan fingerprint density at radius 1 is 1.11 bits per heavy atom.